The predicted molar refractivity (Wildman–Crippen MR) is 115 cm³/mol. The number of carbonyl (C=O) groups excluding carboxylic acids is 1. The molecule has 0 unspecified atom stereocenters. The van der Waals surface area contributed by atoms with E-state index in [9.17, 15) is 9.59 Å². The smallest absolute Gasteiger partial charge is 0.263 e. The van der Waals surface area contributed by atoms with Crippen molar-refractivity contribution in [1.29, 1.82) is 0 Å². The van der Waals surface area contributed by atoms with Gasteiger partial charge in [0.05, 0.1) is 18.3 Å². The highest BCUT2D eigenvalue weighted by molar-refractivity contribution is 7.18. The average molecular weight is 420 g/mol. The highest BCUT2D eigenvalue weighted by atomic mass is 32.1. The van der Waals surface area contributed by atoms with Crippen molar-refractivity contribution in [2.75, 3.05) is 20.3 Å². The average Bonchev–Trinajstić information content (AvgIpc) is 3.36. The molecule has 0 fully saturated rings. The van der Waals surface area contributed by atoms with Gasteiger partial charge in [-0.2, -0.15) is 0 Å². The first-order valence-corrected chi connectivity index (χ1v) is 11.2. The molecule has 3 aromatic rings. The van der Waals surface area contributed by atoms with Crippen LogP contribution in [-0.4, -0.2) is 46.7 Å². The first kappa shape index (κ1) is 20.7. The van der Waals surface area contributed by atoms with Crippen LogP contribution in [-0.2, 0) is 16.1 Å². The van der Waals surface area contributed by atoms with Crippen molar-refractivity contribution in [1.82, 2.24) is 14.5 Å². The summed E-state index contributed by atoms with van der Waals surface area (Å²) in [6, 6.07) is 4.09. The Morgan fingerprint density at radius 2 is 2.11 bits per heavy atom. The summed E-state index contributed by atoms with van der Waals surface area (Å²) in [5.41, 5.74) is 0.727. The van der Waals surface area contributed by atoms with Gasteiger partial charge in [-0.15, -0.1) is 22.7 Å². The van der Waals surface area contributed by atoms with E-state index >= 15 is 0 Å². The fourth-order valence-corrected chi connectivity index (χ4v) is 5.08. The van der Waals surface area contributed by atoms with Gasteiger partial charge in [0, 0.05) is 35.5 Å². The van der Waals surface area contributed by atoms with Gasteiger partial charge in [-0.25, -0.2) is 4.98 Å². The molecule has 6 nitrogen and oxygen atoms in total. The maximum atomic E-state index is 13.1. The van der Waals surface area contributed by atoms with Crippen molar-refractivity contribution in [3.05, 3.63) is 39.6 Å². The van der Waals surface area contributed by atoms with Crippen molar-refractivity contribution < 1.29 is 9.53 Å². The molecule has 28 heavy (non-hydrogen) atoms. The lowest BCUT2D eigenvalue weighted by Gasteiger charge is -2.30. The Kier molecular flexibility index (Phi) is 6.98. The second kappa shape index (κ2) is 9.45. The highest BCUT2D eigenvalue weighted by Gasteiger charge is 2.22. The van der Waals surface area contributed by atoms with Crippen LogP contribution in [0, 0.1) is 0 Å². The summed E-state index contributed by atoms with van der Waals surface area (Å²) >= 11 is 3.04. The lowest BCUT2D eigenvalue weighted by molar-refractivity contribution is -0.135. The van der Waals surface area contributed by atoms with Gasteiger partial charge in [-0.05, 0) is 24.3 Å². The largest absolute Gasteiger partial charge is 0.383 e. The molecule has 3 heterocycles. The fourth-order valence-electron chi connectivity index (χ4n) is 3.36. The Morgan fingerprint density at radius 1 is 1.32 bits per heavy atom. The van der Waals surface area contributed by atoms with Crippen LogP contribution in [0.5, 0.6) is 0 Å². The third kappa shape index (κ3) is 4.19. The van der Waals surface area contributed by atoms with Gasteiger partial charge in [0.1, 0.15) is 11.4 Å². The van der Waals surface area contributed by atoms with Crippen LogP contribution in [0.2, 0.25) is 0 Å². The van der Waals surface area contributed by atoms with Crippen molar-refractivity contribution in [3.8, 4) is 10.4 Å². The molecule has 0 radical (unpaired) electrons. The molecule has 0 atom stereocenters. The third-order valence-electron chi connectivity index (χ3n) is 4.89. The Balaban J connectivity index is 1.92. The van der Waals surface area contributed by atoms with Crippen molar-refractivity contribution in [3.63, 3.8) is 0 Å². The molecule has 0 saturated carbocycles. The summed E-state index contributed by atoms with van der Waals surface area (Å²) in [7, 11) is 1.63. The molecule has 0 spiro atoms. The summed E-state index contributed by atoms with van der Waals surface area (Å²) in [6.07, 6.45) is 3.22. The van der Waals surface area contributed by atoms with Gasteiger partial charge in [0.25, 0.3) is 5.56 Å². The quantitative estimate of drug-likeness (QED) is 0.528. The number of thiophene rings is 2. The standard InChI is InChI=1S/C20H25N3O3S2/c1-4-14(5-2)23(8-9-26-3)17(24)11-22-13-21-19-18(20(22)25)15(12-28-19)16-7-6-10-27-16/h6-7,10,12-14H,4-5,8-9,11H2,1-3H3. The summed E-state index contributed by atoms with van der Waals surface area (Å²) in [5, 5.41) is 4.54. The van der Waals surface area contributed by atoms with Crippen LogP contribution >= 0.6 is 22.7 Å². The van der Waals surface area contributed by atoms with Gasteiger partial charge in [0.15, 0.2) is 0 Å². The Hall–Kier alpha value is -2.03. The number of nitrogens with zero attached hydrogens (tertiary/aromatic N) is 3. The van der Waals surface area contributed by atoms with E-state index in [0.717, 1.165) is 23.3 Å². The monoisotopic (exact) mass is 419 g/mol. The van der Waals surface area contributed by atoms with Gasteiger partial charge in [0.2, 0.25) is 5.91 Å². The zero-order valence-corrected chi connectivity index (χ0v) is 18.0. The van der Waals surface area contributed by atoms with Gasteiger partial charge < -0.3 is 9.64 Å². The van der Waals surface area contributed by atoms with E-state index in [4.69, 9.17) is 4.74 Å². The molecule has 0 bridgehead atoms. The number of fused-ring (bicyclic) bond motifs is 1. The number of hydrogen-bond donors (Lipinski definition) is 0. The second-order valence-corrected chi connectivity index (χ2v) is 8.34. The van der Waals surface area contributed by atoms with Crippen LogP contribution in [0.4, 0.5) is 0 Å². The summed E-state index contributed by atoms with van der Waals surface area (Å²) in [5.74, 6) is -0.0816. The molecule has 0 aromatic carbocycles. The number of rotatable bonds is 9. The molecule has 150 valence electrons. The zero-order valence-electron chi connectivity index (χ0n) is 16.4. The minimum Gasteiger partial charge on any atom is -0.383 e. The van der Waals surface area contributed by atoms with Gasteiger partial charge in [-0.3, -0.25) is 14.2 Å². The zero-order chi connectivity index (χ0) is 20.1. The molecule has 3 rings (SSSR count). The third-order valence-corrected chi connectivity index (χ3v) is 6.68. The number of aromatic nitrogens is 2. The molecule has 0 aliphatic carbocycles. The predicted octanol–water partition coefficient (Wildman–Crippen LogP) is 3.85. The van der Waals surface area contributed by atoms with Gasteiger partial charge in [-0.1, -0.05) is 19.9 Å². The second-order valence-electron chi connectivity index (χ2n) is 6.53. The summed E-state index contributed by atoms with van der Waals surface area (Å²) in [6.45, 7) is 5.12. The molecule has 0 N–H and O–H groups in total. The minimum absolute atomic E-state index is 0.0122. The molecule has 3 aromatic heterocycles. The topological polar surface area (TPSA) is 64.4 Å². The van der Waals surface area contributed by atoms with E-state index in [2.05, 4.69) is 18.8 Å². The highest BCUT2D eigenvalue weighted by Crippen LogP contribution is 2.33. The maximum absolute atomic E-state index is 13.1. The maximum Gasteiger partial charge on any atom is 0.263 e. The first-order valence-electron chi connectivity index (χ1n) is 9.39. The van der Waals surface area contributed by atoms with E-state index in [1.807, 2.05) is 27.8 Å². The van der Waals surface area contributed by atoms with E-state index in [0.29, 0.717) is 23.4 Å². The van der Waals surface area contributed by atoms with Crippen LogP contribution in [0.3, 0.4) is 0 Å². The lowest BCUT2D eigenvalue weighted by Crippen LogP contribution is -2.44. The van der Waals surface area contributed by atoms with Crippen LogP contribution < -0.4 is 5.56 Å². The number of methoxy groups -OCH3 is 1. The first-order chi connectivity index (χ1) is 13.6. The van der Waals surface area contributed by atoms with E-state index in [1.165, 1.54) is 22.2 Å². The van der Waals surface area contributed by atoms with Crippen molar-refractivity contribution >= 4 is 38.8 Å². The van der Waals surface area contributed by atoms with Gasteiger partial charge >= 0.3 is 0 Å². The van der Waals surface area contributed by atoms with Crippen LogP contribution in [0.15, 0.2) is 34.0 Å². The molecule has 8 heteroatoms. The van der Waals surface area contributed by atoms with E-state index < -0.39 is 0 Å². The molecule has 0 saturated heterocycles. The minimum atomic E-state index is -0.167. The Labute approximate surface area is 172 Å². The van der Waals surface area contributed by atoms with Crippen LogP contribution in [0.25, 0.3) is 20.7 Å². The van der Waals surface area contributed by atoms with Crippen molar-refractivity contribution in [2.24, 2.45) is 0 Å². The number of carbonyl (C=O) groups is 1. The number of hydrogen-bond acceptors (Lipinski definition) is 6. The van der Waals surface area contributed by atoms with Crippen LogP contribution in [0.1, 0.15) is 26.7 Å². The Bertz CT molecular complexity index is 974. The number of ether oxygens (including phenoxy) is 1. The Morgan fingerprint density at radius 3 is 2.75 bits per heavy atom. The summed E-state index contributed by atoms with van der Waals surface area (Å²) < 4.78 is 6.59. The van der Waals surface area contributed by atoms with E-state index in [-0.39, 0.29) is 24.1 Å². The molecular weight excluding hydrogens is 394 g/mol. The molecule has 0 aliphatic heterocycles. The van der Waals surface area contributed by atoms with E-state index in [1.54, 1.807) is 18.4 Å². The SMILES string of the molecule is CCC(CC)N(CCOC)C(=O)Cn1cnc2scc(-c3cccs3)c2c1=O. The molecular formula is C20H25N3O3S2. The normalized spacial score (nSPS) is 11.4. The molecule has 0 aliphatic rings. The molecule has 1 amide bonds. The summed E-state index contributed by atoms with van der Waals surface area (Å²) in [4.78, 5) is 34.1. The number of amides is 1. The fraction of sp³-hybridized carbons (Fsp3) is 0.450. The lowest BCUT2D eigenvalue weighted by atomic mass is 10.1. The van der Waals surface area contributed by atoms with Crippen molar-refractivity contribution in [2.45, 2.75) is 39.3 Å².